The summed E-state index contributed by atoms with van der Waals surface area (Å²) in [6.07, 6.45) is 9.03. The molecule has 2 unspecified atom stereocenters. The molecule has 2 fully saturated rings. The molecular formula is C17H26N2O3. The molecule has 1 amide bonds. The molecular weight excluding hydrogens is 280 g/mol. The minimum Gasteiger partial charge on any atom is -0.467 e. The van der Waals surface area contributed by atoms with Crippen molar-refractivity contribution in [1.29, 1.82) is 0 Å². The predicted octanol–water partition coefficient (Wildman–Crippen LogP) is 2.08. The topological polar surface area (TPSA) is 65.7 Å². The molecule has 5 nitrogen and oxygen atoms in total. The Bertz CT molecular complexity index is 468. The first-order valence-electron chi connectivity index (χ1n) is 8.46. The van der Waals surface area contributed by atoms with Gasteiger partial charge in [0.2, 0.25) is 5.91 Å². The van der Waals surface area contributed by atoms with Gasteiger partial charge in [-0.15, -0.1) is 0 Å². The number of amides is 1. The highest BCUT2D eigenvalue weighted by Gasteiger charge is 2.33. The van der Waals surface area contributed by atoms with Gasteiger partial charge in [-0.05, 0) is 37.9 Å². The van der Waals surface area contributed by atoms with Crippen LogP contribution < -0.4 is 5.32 Å². The molecule has 1 saturated carbocycles. The number of rotatable bonds is 5. The molecule has 1 saturated heterocycles. The first-order valence-corrected chi connectivity index (χ1v) is 8.46. The van der Waals surface area contributed by atoms with Crippen LogP contribution in [0.25, 0.3) is 0 Å². The molecule has 2 aliphatic rings. The summed E-state index contributed by atoms with van der Waals surface area (Å²) in [6.45, 7) is 1.73. The molecule has 2 N–H and O–H groups in total. The Kier molecular flexibility index (Phi) is 5.16. The second kappa shape index (κ2) is 7.29. The van der Waals surface area contributed by atoms with Crippen LogP contribution in [0.5, 0.6) is 0 Å². The minimum absolute atomic E-state index is 0.0333. The normalized spacial score (nSPS) is 25.2. The highest BCUT2D eigenvalue weighted by Crippen LogP contribution is 2.28. The van der Waals surface area contributed by atoms with E-state index in [0.29, 0.717) is 11.8 Å². The highest BCUT2D eigenvalue weighted by atomic mass is 16.3. The minimum atomic E-state index is -0.439. The first kappa shape index (κ1) is 15.6. The summed E-state index contributed by atoms with van der Waals surface area (Å²) in [5, 5.41) is 12.4. The molecule has 22 heavy (non-hydrogen) atoms. The Morgan fingerprint density at radius 2 is 2.18 bits per heavy atom. The standard InChI is InChI=1S/C17H26N2O3/c20-12-15(16-7-4-10-22-16)18-17(21)13-8-9-19(11-13)14-5-2-1-3-6-14/h4,7,10,13-15,20H,1-3,5-6,8-9,11-12H2,(H,18,21). The summed E-state index contributed by atoms with van der Waals surface area (Å²) in [6, 6.07) is 3.78. The molecule has 1 aliphatic carbocycles. The average molecular weight is 306 g/mol. The van der Waals surface area contributed by atoms with Crippen LogP contribution in [-0.4, -0.2) is 41.7 Å². The Balaban J connectivity index is 1.52. The molecule has 0 radical (unpaired) electrons. The van der Waals surface area contributed by atoms with Crippen LogP contribution in [0.15, 0.2) is 22.8 Å². The molecule has 122 valence electrons. The van der Waals surface area contributed by atoms with Gasteiger partial charge in [-0.1, -0.05) is 19.3 Å². The van der Waals surface area contributed by atoms with Crippen molar-refractivity contribution in [3.05, 3.63) is 24.2 Å². The molecule has 5 heteroatoms. The summed E-state index contributed by atoms with van der Waals surface area (Å²) >= 11 is 0. The third-order valence-corrected chi connectivity index (χ3v) is 5.07. The van der Waals surface area contributed by atoms with E-state index in [0.717, 1.165) is 19.5 Å². The van der Waals surface area contributed by atoms with Gasteiger partial charge in [-0.25, -0.2) is 0 Å². The Labute approximate surface area is 131 Å². The number of nitrogens with zero attached hydrogens (tertiary/aromatic N) is 1. The first-order chi connectivity index (χ1) is 10.8. The summed E-state index contributed by atoms with van der Waals surface area (Å²) < 4.78 is 5.28. The van der Waals surface area contributed by atoms with E-state index in [1.165, 1.54) is 32.1 Å². The zero-order valence-electron chi connectivity index (χ0n) is 13.0. The zero-order valence-corrected chi connectivity index (χ0v) is 13.0. The largest absolute Gasteiger partial charge is 0.467 e. The van der Waals surface area contributed by atoms with Gasteiger partial charge in [0, 0.05) is 12.6 Å². The second-order valence-electron chi connectivity index (χ2n) is 6.53. The van der Waals surface area contributed by atoms with Crippen LogP contribution in [0.1, 0.15) is 50.3 Å². The van der Waals surface area contributed by atoms with Crippen LogP contribution in [0.3, 0.4) is 0 Å². The number of hydrogen-bond acceptors (Lipinski definition) is 4. The summed E-state index contributed by atoms with van der Waals surface area (Å²) in [4.78, 5) is 14.9. The van der Waals surface area contributed by atoms with Gasteiger partial charge in [-0.3, -0.25) is 9.69 Å². The lowest BCUT2D eigenvalue weighted by Crippen LogP contribution is -2.39. The fourth-order valence-corrected chi connectivity index (χ4v) is 3.77. The summed E-state index contributed by atoms with van der Waals surface area (Å²) in [7, 11) is 0. The quantitative estimate of drug-likeness (QED) is 0.874. The van der Waals surface area contributed by atoms with Crippen molar-refractivity contribution in [2.45, 2.75) is 50.6 Å². The number of furan rings is 1. The molecule has 3 rings (SSSR count). The van der Waals surface area contributed by atoms with Crippen LogP contribution in [-0.2, 0) is 4.79 Å². The maximum Gasteiger partial charge on any atom is 0.225 e. The summed E-state index contributed by atoms with van der Waals surface area (Å²) in [5.74, 6) is 0.678. The van der Waals surface area contributed by atoms with Crippen LogP contribution in [0.4, 0.5) is 0 Å². The van der Waals surface area contributed by atoms with Crippen LogP contribution in [0, 0.1) is 5.92 Å². The number of aliphatic hydroxyl groups is 1. The summed E-state index contributed by atoms with van der Waals surface area (Å²) in [5.41, 5.74) is 0. The van der Waals surface area contributed by atoms with E-state index < -0.39 is 6.04 Å². The van der Waals surface area contributed by atoms with Gasteiger partial charge in [0.05, 0.1) is 18.8 Å². The third kappa shape index (κ3) is 3.52. The second-order valence-corrected chi connectivity index (χ2v) is 6.53. The van der Waals surface area contributed by atoms with Gasteiger partial charge >= 0.3 is 0 Å². The van der Waals surface area contributed by atoms with Crippen molar-refractivity contribution in [2.75, 3.05) is 19.7 Å². The van der Waals surface area contributed by atoms with E-state index in [4.69, 9.17) is 4.42 Å². The van der Waals surface area contributed by atoms with Crippen molar-refractivity contribution >= 4 is 5.91 Å². The highest BCUT2D eigenvalue weighted by molar-refractivity contribution is 5.79. The van der Waals surface area contributed by atoms with Crippen molar-refractivity contribution in [3.8, 4) is 0 Å². The van der Waals surface area contributed by atoms with Gasteiger partial charge in [0.25, 0.3) is 0 Å². The lowest BCUT2D eigenvalue weighted by atomic mass is 9.94. The van der Waals surface area contributed by atoms with Crippen molar-refractivity contribution in [2.24, 2.45) is 5.92 Å². The van der Waals surface area contributed by atoms with E-state index >= 15 is 0 Å². The van der Waals surface area contributed by atoms with Gasteiger partial charge < -0.3 is 14.8 Å². The van der Waals surface area contributed by atoms with Crippen molar-refractivity contribution in [3.63, 3.8) is 0 Å². The Morgan fingerprint density at radius 3 is 2.86 bits per heavy atom. The van der Waals surface area contributed by atoms with Crippen molar-refractivity contribution in [1.82, 2.24) is 10.2 Å². The molecule has 1 aromatic heterocycles. The van der Waals surface area contributed by atoms with E-state index in [1.807, 2.05) is 0 Å². The van der Waals surface area contributed by atoms with Gasteiger partial charge in [0.1, 0.15) is 11.8 Å². The molecule has 2 heterocycles. The maximum absolute atomic E-state index is 12.4. The lowest BCUT2D eigenvalue weighted by molar-refractivity contribution is -0.125. The average Bonchev–Trinajstić information content (AvgIpc) is 3.24. The van der Waals surface area contributed by atoms with Gasteiger partial charge in [-0.2, -0.15) is 0 Å². The van der Waals surface area contributed by atoms with E-state index in [-0.39, 0.29) is 18.4 Å². The Hall–Kier alpha value is -1.33. The number of aliphatic hydroxyl groups excluding tert-OH is 1. The number of likely N-dealkylation sites (tertiary alicyclic amines) is 1. The molecule has 1 aliphatic heterocycles. The number of nitrogens with one attached hydrogen (secondary N) is 1. The van der Waals surface area contributed by atoms with Crippen LogP contribution >= 0.6 is 0 Å². The lowest BCUT2D eigenvalue weighted by Gasteiger charge is -2.31. The number of carbonyl (C=O) groups excluding carboxylic acids is 1. The van der Waals surface area contributed by atoms with Crippen LogP contribution in [0.2, 0.25) is 0 Å². The molecule has 0 bridgehead atoms. The predicted molar refractivity (Wildman–Crippen MR) is 83.2 cm³/mol. The fourth-order valence-electron chi connectivity index (χ4n) is 3.77. The Morgan fingerprint density at radius 1 is 1.36 bits per heavy atom. The maximum atomic E-state index is 12.4. The van der Waals surface area contributed by atoms with E-state index in [1.54, 1.807) is 18.4 Å². The number of hydrogen-bond donors (Lipinski definition) is 2. The van der Waals surface area contributed by atoms with E-state index in [9.17, 15) is 9.90 Å². The van der Waals surface area contributed by atoms with Crippen molar-refractivity contribution < 1.29 is 14.3 Å². The number of carbonyl (C=O) groups is 1. The fraction of sp³-hybridized carbons (Fsp3) is 0.706. The molecule has 0 spiro atoms. The van der Waals surface area contributed by atoms with Gasteiger partial charge in [0.15, 0.2) is 0 Å². The molecule has 0 aromatic carbocycles. The molecule has 2 atom stereocenters. The van der Waals surface area contributed by atoms with E-state index in [2.05, 4.69) is 10.2 Å². The molecule has 1 aromatic rings. The SMILES string of the molecule is O=C(NC(CO)c1ccco1)C1CCN(C2CCCCC2)C1. The third-order valence-electron chi connectivity index (χ3n) is 5.07. The smallest absolute Gasteiger partial charge is 0.225 e. The monoisotopic (exact) mass is 306 g/mol. The zero-order chi connectivity index (χ0) is 15.4.